The van der Waals surface area contributed by atoms with Gasteiger partial charge in [-0.2, -0.15) is 5.26 Å². The van der Waals surface area contributed by atoms with E-state index in [1.165, 1.54) is 13.0 Å². The smallest absolute Gasteiger partial charge is 0.163 e. The van der Waals surface area contributed by atoms with E-state index in [0.717, 1.165) is 5.56 Å². The lowest BCUT2D eigenvalue weighted by atomic mass is 10.1. The molecule has 0 aliphatic rings. The second-order valence-corrected chi connectivity index (χ2v) is 2.74. The molecule has 0 atom stereocenters. The maximum atomic E-state index is 11.0. The van der Waals surface area contributed by atoms with Gasteiger partial charge in [0.25, 0.3) is 0 Å². The van der Waals surface area contributed by atoms with Crippen molar-refractivity contribution in [3.05, 3.63) is 29.3 Å². The highest BCUT2D eigenvalue weighted by Gasteiger charge is 2.06. The third-order valence-corrected chi connectivity index (χ3v) is 1.72. The van der Waals surface area contributed by atoms with E-state index in [1.807, 2.05) is 6.07 Å². The molecule has 0 heterocycles. The van der Waals surface area contributed by atoms with Crippen LogP contribution in [-0.2, 0) is 6.42 Å². The molecule has 66 valence electrons. The lowest BCUT2D eigenvalue weighted by molar-refractivity contribution is 0.101. The Morgan fingerprint density at radius 3 is 2.85 bits per heavy atom. The molecule has 0 aliphatic carbocycles. The molecule has 0 spiro atoms. The van der Waals surface area contributed by atoms with E-state index in [4.69, 9.17) is 5.26 Å². The number of nitriles is 1. The number of carbonyl (C=O) groups is 1. The van der Waals surface area contributed by atoms with Crippen molar-refractivity contribution in [1.29, 1.82) is 5.26 Å². The van der Waals surface area contributed by atoms with Crippen LogP contribution in [0.1, 0.15) is 22.8 Å². The van der Waals surface area contributed by atoms with Gasteiger partial charge in [0, 0.05) is 0 Å². The Bertz CT molecular complexity index is 377. The third kappa shape index (κ3) is 2.06. The molecule has 0 saturated carbocycles. The topological polar surface area (TPSA) is 61.1 Å². The van der Waals surface area contributed by atoms with E-state index >= 15 is 0 Å². The van der Waals surface area contributed by atoms with Gasteiger partial charge < -0.3 is 5.11 Å². The van der Waals surface area contributed by atoms with Crippen molar-refractivity contribution in [3.63, 3.8) is 0 Å². The van der Waals surface area contributed by atoms with E-state index in [1.54, 1.807) is 12.1 Å². The standard InChI is InChI=1S/C10H9NO2/c1-7(12)9-6-8(4-5-11)2-3-10(9)13/h2-3,6,13H,4H2,1H3. The number of rotatable bonds is 2. The summed E-state index contributed by atoms with van der Waals surface area (Å²) in [5.41, 5.74) is 1.01. The predicted octanol–water partition coefficient (Wildman–Crippen LogP) is 1.66. The molecule has 1 aromatic carbocycles. The first-order chi connectivity index (χ1) is 6.15. The minimum atomic E-state index is -0.197. The van der Waals surface area contributed by atoms with Gasteiger partial charge in [0.05, 0.1) is 18.1 Å². The van der Waals surface area contributed by atoms with Crippen molar-refractivity contribution >= 4 is 5.78 Å². The maximum Gasteiger partial charge on any atom is 0.163 e. The van der Waals surface area contributed by atoms with Gasteiger partial charge in [-0.05, 0) is 24.6 Å². The van der Waals surface area contributed by atoms with Gasteiger partial charge in [-0.3, -0.25) is 4.79 Å². The summed E-state index contributed by atoms with van der Waals surface area (Å²) in [6.45, 7) is 1.38. The summed E-state index contributed by atoms with van der Waals surface area (Å²) in [6.07, 6.45) is 0.251. The number of Topliss-reactive ketones (excluding diaryl/α,β-unsaturated/α-hetero) is 1. The summed E-state index contributed by atoms with van der Waals surface area (Å²) in [6, 6.07) is 6.58. The molecule has 0 fully saturated rings. The van der Waals surface area contributed by atoms with Crippen molar-refractivity contribution in [2.24, 2.45) is 0 Å². The summed E-state index contributed by atoms with van der Waals surface area (Å²) in [5, 5.41) is 17.7. The Labute approximate surface area is 76.2 Å². The number of phenolic OH excluding ortho intramolecular Hbond substituents is 1. The Morgan fingerprint density at radius 2 is 2.31 bits per heavy atom. The van der Waals surface area contributed by atoms with Gasteiger partial charge in [-0.25, -0.2) is 0 Å². The van der Waals surface area contributed by atoms with Crippen LogP contribution >= 0.6 is 0 Å². The van der Waals surface area contributed by atoms with Gasteiger partial charge in [-0.15, -0.1) is 0 Å². The average molecular weight is 175 g/mol. The molecule has 0 aromatic heterocycles. The predicted molar refractivity (Wildman–Crippen MR) is 47.4 cm³/mol. The van der Waals surface area contributed by atoms with Gasteiger partial charge in [0.1, 0.15) is 5.75 Å². The number of benzene rings is 1. The van der Waals surface area contributed by atoms with Crippen LogP contribution in [0.3, 0.4) is 0 Å². The van der Waals surface area contributed by atoms with Gasteiger partial charge in [0.15, 0.2) is 5.78 Å². The van der Waals surface area contributed by atoms with Crippen LogP contribution in [0.25, 0.3) is 0 Å². The first-order valence-electron chi connectivity index (χ1n) is 3.85. The first kappa shape index (κ1) is 9.27. The lowest BCUT2D eigenvalue weighted by Gasteiger charge is -2.01. The number of ketones is 1. The van der Waals surface area contributed by atoms with Crippen molar-refractivity contribution < 1.29 is 9.90 Å². The first-order valence-corrected chi connectivity index (χ1v) is 3.85. The van der Waals surface area contributed by atoms with E-state index in [2.05, 4.69) is 0 Å². The minimum absolute atomic E-state index is 0.0332. The normalized spacial score (nSPS) is 9.23. The molecule has 3 heteroatoms. The number of nitrogens with zero attached hydrogens (tertiary/aromatic N) is 1. The van der Waals surface area contributed by atoms with Crippen LogP contribution < -0.4 is 0 Å². The molecule has 0 amide bonds. The quantitative estimate of drug-likeness (QED) is 0.695. The molecule has 13 heavy (non-hydrogen) atoms. The Hall–Kier alpha value is -1.82. The average Bonchev–Trinajstić information content (AvgIpc) is 2.08. The highest BCUT2D eigenvalue weighted by molar-refractivity contribution is 5.96. The zero-order chi connectivity index (χ0) is 9.84. The highest BCUT2D eigenvalue weighted by Crippen LogP contribution is 2.18. The summed E-state index contributed by atoms with van der Waals surface area (Å²) in [5.74, 6) is -0.230. The van der Waals surface area contributed by atoms with Crippen molar-refractivity contribution in [2.75, 3.05) is 0 Å². The molecular formula is C10H9NO2. The zero-order valence-electron chi connectivity index (χ0n) is 7.24. The fraction of sp³-hybridized carbons (Fsp3) is 0.200. The SMILES string of the molecule is CC(=O)c1cc(CC#N)ccc1O. The fourth-order valence-corrected chi connectivity index (χ4v) is 1.07. The van der Waals surface area contributed by atoms with E-state index in [-0.39, 0.29) is 23.5 Å². The molecule has 0 bridgehead atoms. The highest BCUT2D eigenvalue weighted by atomic mass is 16.3. The molecule has 1 rings (SSSR count). The molecule has 1 aromatic rings. The van der Waals surface area contributed by atoms with Gasteiger partial charge >= 0.3 is 0 Å². The summed E-state index contributed by atoms with van der Waals surface area (Å²) in [4.78, 5) is 11.0. The Morgan fingerprint density at radius 1 is 1.62 bits per heavy atom. The van der Waals surface area contributed by atoms with E-state index in [9.17, 15) is 9.90 Å². The molecule has 0 unspecified atom stereocenters. The van der Waals surface area contributed by atoms with Crippen LogP contribution in [0.5, 0.6) is 5.75 Å². The van der Waals surface area contributed by atoms with Crippen molar-refractivity contribution in [2.45, 2.75) is 13.3 Å². The fourth-order valence-electron chi connectivity index (χ4n) is 1.07. The van der Waals surface area contributed by atoms with E-state index in [0.29, 0.717) is 0 Å². The van der Waals surface area contributed by atoms with Crippen LogP contribution in [-0.4, -0.2) is 10.9 Å². The Kier molecular flexibility index (Phi) is 2.65. The van der Waals surface area contributed by atoms with Crippen LogP contribution in [0.2, 0.25) is 0 Å². The number of hydrogen-bond acceptors (Lipinski definition) is 3. The number of aromatic hydroxyl groups is 1. The third-order valence-electron chi connectivity index (χ3n) is 1.72. The monoisotopic (exact) mass is 175 g/mol. The summed E-state index contributed by atoms with van der Waals surface area (Å²) >= 11 is 0. The number of phenols is 1. The maximum absolute atomic E-state index is 11.0. The second-order valence-electron chi connectivity index (χ2n) is 2.74. The minimum Gasteiger partial charge on any atom is -0.507 e. The largest absolute Gasteiger partial charge is 0.507 e. The van der Waals surface area contributed by atoms with Gasteiger partial charge in [-0.1, -0.05) is 6.07 Å². The number of carbonyl (C=O) groups excluding carboxylic acids is 1. The molecular weight excluding hydrogens is 166 g/mol. The molecule has 1 N–H and O–H groups in total. The van der Waals surface area contributed by atoms with Crippen LogP contribution in [0, 0.1) is 11.3 Å². The lowest BCUT2D eigenvalue weighted by Crippen LogP contribution is -1.94. The summed E-state index contributed by atoms with van der Waals surface area (Å²) in [7, 11) is 0. The molecule has 0 aliphatic heterocycles. The molecule has 3 nitrogen and oxygen atoms in total. The Balaban J connectivity index is 3.13. The van der Waals surface area contributed by atoms with Crippen molar-refractivity contribution in [3.8, 4) is 11.8 Å². The van der Waals surface area contributed by atoms with Crippen LogP contribution in [0.15, 0.2) is 18.2 Å². The number of hydrogen-bond donors (Lipinski definition) is 1. The molecule has 0 saturated heterocycles. The second kappa shape index (κ2) is 3.72. The van der Waals surface area contributed by atoms with Crippen LogP contribution in [0.4, 0.5) is 0 Å². The summed E-state index contributed by atoms with van der Waals surface area (Å²) < 4.78 is 0. The van der Waals surface area contributed by atoms with E-state index < -0.39 is 0 Å². The zero-order valence-corrected chi connectivity index (χ0v) is 7.24. The van der Waals surface area contributed by atoms with Gasteiger partial charge in [0.2, 0.25) is 0 Å². The van der Waals surface area contributed by atoms with Crippen molar-refractivity contribution in [1.82, 2.24) is 0 Å². The molecule has 0 radical (unpaired) electrons.